The lowest BCUT2D eigenvalue weighted by Crippen LogP contribution is -1.98. The summed E-state index contributed by atoms with van der Waals surface area (Å²) in [5, 5.41) is 7.69. The van der Waals surface area contributed by atoms with Gasteiger partial charge in [-0.2, -0.15) is 0 Å². The van der Waals surface area contributed by atoms with Gasteiger partial charge < -0.3 is 13.7 Å². The molecule has 0 saturated carbocycles. The molecule has 54 heavy (non-hydrogen) atoms. The first-order valence-electron chi connectivity index (χ1n) is 18.8. The fourth-order valence-corrected chi connectivity index (χ4v) is 9.05. The summed E-state index contributed by atoms with van der Waals surface area (Å²) in [7, 11) is 4.34. The van der Waals surface area contributed by atoms with E-state index >= 15 is 0 Å². The van der Waals surface area contributed by atoms with Crippen LogP contribution in [-0.4, -0.2) is 13.7 Å². The molecule has 0 atom stereocenters. The van der Waals surface area contributed by atoms with Crippen LogP contribution in [0, 0.1) is 0 Å². The van der Waals surface area contributed by atoms with Gasteiger partial charge in [-0.1, -0.05) is 115 Å². The third kappa shape index (κ3) is 4.61. The molecule has 0 spiro atoms. The highest BCUT2D eigenvalue weighted by atomic mass is 15.0. The predicted molar refractivity (Wildman–Crippen MR) is 229 cm³/mol. The standard InChI is InChI=1S/C51H37N3/c1-52-46-17-9-6-14-39(46)43-30-36(22-25-48(43)52)38-24-20-34(28-42(38)37-23-26-49-44(31-37)40-15-7-10-18-47(40)53(49)2)35-21-27-51-45(29-35)41-16-8-11-19-50(41)54(51)32-33-12-4-3-5-13-33/h3-31H,32H2,1-2H3. The molecule has 11 rings (SSSR count). The molecule has 0 amide bonds. The normalized spacial score (nSPS) is 12.0. The molecule has 3 heterocycles. The highest BCUT2D eigenvalue weighted by Gasteiger charge is 2.17. The summed E-state index contributed by atoms with van der Waals surface area (Å²) in [6.07, 6.45) is 0. The third-order valence-corrected chi connectivity index (χ3v) is 11.8. The van der Waals surface area contributed by atoms with Crippen molar-refractivity contribution in [1.29, 1.82) is 0 Å². The van der Waals surface area contributed by atoms with E-state index in [-0.39, 0.29) is 0 Å². The van der Waals surface area contributed by atoms with Gasteiger partial charge in [0.1, 0.15) is 0 Å². The molecule has 256 valence electrons. The number of fused-ring (bicyclic) bond motifs is 9. The maximum Gasteiger partial charge on any atom is 0.0494 e. The van der Waals surface area contributed by atoms with Crippen LogP contribution in [0.1, 0.15) is 5.56 Å². The van der Waals surface area contributed by atoms with Crippen molar-refractivity contribution in [1.82, 2.24) is 13.7 Å². The molecule has 11 aromatic rings. The van der Waals surface area contributed by atoms with Crippen molar-refractivity contribution in [3.8, 4) is 33.4 Å². The summed E-state index contributed by atoms with van der Waals surface area (Å²) in [6.45, 7) is 0.834. The molecule has 0 N–H and O–H groups in total. The molecular formula is C51H37N3. The van der Waals surface area contributed by atoms with Crippen molar-refractivity contribution in [2.75, 3.05) is 0 Å². The van der Waals surface area contributed by atoms with Crippen molar-refractivity contribution in [2.45, 2.75) is 6.54 Å². The van der Waals surface area contributed by atoms with Crippen molar-refractivity contribution in [3.63, 3.8) is 0 Å². The second-order valence-electron chi connectivity index (χ2n) is 14.7. The molecular weight excluding hydrogens is 655 g/mol. The fraction of sp³-hybridized carbons (Fsp3) is 0.0588. The highest BCUT2D eigenvalue weighted by molar-refractivity contribution is 6.12. The Morgan fingerprint density at radius 1 is 0.315 bits per heavy atom. The molecule has 0 unspecified atom stereocenters. The van der Waals surface area contributed by atoms with E-state index in [0.717, 1.165) is 6.54 Å². The highest BCUT2D eigenvalue weighted by Crippen LogP contribution is 2.41. The van der Waals surface area contributed by atoms with E-state index in [9.17, 15) is 0 Å². The Labute approximate surface area is 313 Å². The summed E-state index contributed by atoms with van der Waals surface area (Å²) in [6, 6.07) is 65.1. The summed E-state index contributed by atoms with van der Waals surface area (Å²) >= 11 is 0. The Morgan fingerprint density at radius 3 is 1.37 bits per heavy atom. The van der Waals surface area contributed by atoms with Crippen LogP contribution in [0.5, 0.6) is 0 Å². The van der Waals surface area contributed by atoms with Crippen LogP contribution in [0.25, 0.3) is 98.8 Å². The van der Waals surface area contributed by atoms with Crippen molar-refractivity contribution < 1.29 is 0 Å². The number of hydrogen-bond acceptors (Lipinski definition) is 0. The van der Waals surface area contributed by atoms with Crippen LogP contribution in [0.15, 0.2) is 176 Å². The van der Waals surface area contributed by atoms with Gasteiger partial charge in [-0.3, -0.25) is 0 Å². The first-order valence-corrected chi connectivity index (χ1v) is 18.8. The maximum absolute atomic E-state index is 2.46. The zero-order chi connectivity index (χ0) is 35.9. The molecule has 0 fully saturated rings. The minimum atomic E-state index is 0.834. The molecule has 0 radical (unpaired) electrons. The maximum atomic E-state index is 2.46. The van der Waals surface area contributed by atoms with Crippen LogP contribution < -0.4 is 0 Å². The van der Waals surface area contributed by atoms with Crippen LogP contribution in [0.4, 0.5) is 0 Å². The van der Waals surface area contributed by atoms with E-state index in [0.29, 0.717) is 0 Å². The molecule has 3 aromatic heterocycles. The van der Waals surface area contributed by atoms with E-state index < -0.39 is 0 Å². The lowest BCUT2D eigenvalue weighted by atomic mass is 9.89. The zero-order valence-corrected chi connectivity index (χ0v) is 30.3. The Balaban J connectivity index is 1.12. The van der Waals surface area contributed by atoms with Gasteiger partial charge in [-0.05, 0) is 99.6 Å². The van der Waals surface area contributed by atoms with Gasteiger partial charge in [0.05, 0.1) is 0 Å². The van der Waals surface area contributed by atoms with Crippen LogP contribution in [-0.2, 0) is 20.6 Å². The average molecular weight is 692 g/mol. The van der Waals surface area contributed by atoms with Crippen LogP contribution in [0.3, 0.4) is 0 Å². The Morgan fingerprint density at radius 2 is 0.722 bits per heavy atom. The number of rotatable bonds is 5. The van der Waals surface area contributed by atoms with Crippen molar-refractivity contribution in [3.05, 3.63) is 181 Å². The summed E-state index contributed by atoms with van der Waals surface area (Å²) in [5.41, 5.74) is 16.1. The van der Waals surface area contributed by atoms with Crippen LogP contribution >= 0.6 is 0 Å². The van der Waals surface area contributed by atoms with E-state index in [1.807, 2.05) is 0 Å². The lowest BCUT2D eigenvalue weighted by molar-refractivity contribution is 0.869. The SMILES string of the molecule is Cn1c2ccccc2c2cc(-c3ccc(-c4ccc5c(c4)c4ccccc4n5Cc4ccccc4)cc3-c3ccc4c(c3)c3ccccc3n4C)ccc21. The van der Waals surface area contributed by atoms with Gasteiger partial charge in [0.25, 0.3) is 0 Å². The van der Waals surface area contributed by atoms with Crippen molar-refractivity contribution >= 4 is 65.4 Å². The zero-order valence-electron chi connectivity index (χ0n) is 30.3. The topological polar surface area (TPSA) is 14.8 Å². The minimum absolute atomic E-state index is 0.834. The van der Waals surface area contributed by atoms with E-state index in [1.165, 1.54) is 104 Å². The first kappa shape index (κ1) is 30.8. The fourth-order valence-electron chi connectivity index (χ4n) is 9.05. The molecule has 8 aromatic carbocycles. The Hall–Kier alpha value is -6.84. The number of aryl methyl sites for hydroxylation is 2. The number of benzene rings is 8. The molecule has 0 bridgehead atoms. The van der Waals surface area contributed by atoms with E-state index in [4.69, 9.17) is 0 Å². The van der Waals surface area contributed by atoms with E-state index in [2.05, 4.69) is 204 Å². The van der Waals surface area contributed by atoms with E-state index in [1.54, 1.807) is 0 Å². The number of hydrogen-bond donors (Lipinski definition) is 0. The van der Waals surface area contributed by atoms with Gasteiger partial charge in [0.2, 0.25) is 0 Å². The van der Waals surface area contributed by atoms with Crippen molar-refractivity contribution in [2.24, 2.45) is 14.1 Å². The summed E-state index contributed by atoms with van der Waals surface area (Å²) < 4.78 is 7.07. The minimum Gasteiger partial charge on any atom is -0.344 e. The van der Waals surface area contributed by atoms with Gasteiger partial charge in [0, 0.05) is 86.1 Å². The molecule has 0 aliphatic heterocycles. The van der Waals surface area contributed by atoms with Gasteiger partial charge in [0.15, 0.2) is 0 Å². The first-order chi connectivity index (χ1) is 26.6. The average Bonchev–Trinajstić information content (AvgIpc) is 3.82. The quantitative estimate of drug-likeness (QED) is 0.171. The monoisotopic (exact) mass is 691 g/mol. The molecule has 0 aliphatic carbocycles. The largest absolute Gasteiger partial charge is 0.344 e. The predicted octanol–water partition coefficient (Wildman–Crippen LogP) is 13.1. The van der Waals surface area contributed by atoms with Gasteiger partial charge in [-0.25, -0.2) is 0 Å². The van der Waals surface area contributed by atoms with Gasteiger partial charge in [-0.15, -0.1) is 0 Å². The Kier molecular flexibility index (Phi) is 6.74. The smallest absolute Gasteiger partial charge is 0.0494 e. The summed E-state index contributed by atoms with van der Waals surface area (Å²) in [5.74, 6) is 0. The Bertz CT molecular complexity index is 3260. The second-order valence-corrected chi connectivity index (χ2v) is 14.7. The number of nitrogens with zero attached hydrogens (tertiary/aromatic N) is 3. The molecule has 3 heteroatoms. The van der Waals surface area contributed by atoms with Crippen LogP contribution in [0.2, 0.25) is 0 Å². The lowest BCUT2D eigenvalue weighted by Gasteiger charge is -2.15. The number of para-hydroxylation sites is 3. The summed E-state index contributed by atoms with van der Waals surface area (Å²) in [4.78, 5) is 0. The molecule has 0 saturated heterocycles. The second kappa shape index (κ2) is 11.8. The molecule has 3 nitrogen and oxygen atoms in total. The van der Waals surface area contributed by atoms with Gasteiger partial charge >= 0.3 is 0 Å². The third-order valence-electron chi connectivity index (χ3n) is 11.8. The number of aromatic nitrogens is 3. The molecule has 0 aliphatic rings.